The minimum absolute atomic E-state index is 0.324. The van der Waals surface area contributed by atoms with E-state index in [1.54, 1.807) is 12.1 Å². The molecule has 1 aromatic carbocycles. The maximum absolute atomic E-state index is 13.2. The van der Waals surface area contributed by atoms with E-state index in [9.17, 15) is 9.50 Å². The summed E-state index contributed by atoms with van der Waals surface area (Å²) >= 11 is 0. The second kappa shape index (κ2) is 5.30. The summed E-state index contributed by atoms with van der Waals surface area (Å²) in [6.45, 7) is 4.72. The first-order valence-corrected chi connectivity index (χ1v) is 6.68. The van der Waals surface area contributed by atoms with Crippen LogP contribution in [-0.2, 0) is 13.1 Å². The highest BCUT2D eigenvalue weighted by molar-refractivity contribution is 5.19. The molecule has 0 amide bonds. The summed E-state index contributed by atoms with van der Waals surface area (Å²) in [7, 11) is 0. The molecule has 6 heteroatoms. The van der Waals surface area contributed by atoms with Crippen LogP contribution >= 0.6 is 0 Å². The predicted molar refractivity (Wildman–Crippen MR) is 71.4 cm³/mol. The van der Waals surface area contributed by atoms with E-state index in [1.807, 2.05) is 6.92 Å². The molecule has 5 nitrogen and oxygen atoms in total. The summed E-state index contributed by atoms with van der Waals surface area (Å²) in [5, 5.41) is 18.4. The molecule has 0 spiro atoms. The van der Waals surface area contributed by atoms with Gasteiger partial charge in [0.1, 0.15) is 17.5 Å². The number of aryl methyl sites for hydroxylation is 1. The number of β-amino-alcohol motifs (C(OH)–C–C–N with tert-alkyl or cyclic N) is 1. The fourth-order valence-electron chi connectivity index (χ4n) is 2.57. The molecule has 3 rings (SSSR count). The molecule has 2 heterocycles. The van der Waals surface area contributed by atoms with Gasteiger partial charge in [-0.05, 0) is 24.6 Å². The van der Waals surface area contributed by atoms with E-state index < -0.39 is 6.10 Å². The van der Waals surface area contributed by atoms with E-state index in [4.69, 9.17) is 0 Å². The average Bonchev–Trinajstić information content (AvgIpc) is 2.80. The van der Waals surface area contributed by atoms with Crippen LogP contribution in [0.15, 0.2) is 24.3 Å². The molecule has 0 saturated heterocycles. The lowest BCUT2D eigenvalue weighted by Gasteiger charge is -2.29. The van der Waals surface area contributed by atoms with Gasteiger partial charge in [-0.15, -0.1) is 10.2 Å². The van der Waals surface area contributed by atoms with Gasteiger partial charge in [-0.1, -0.05) is 12.1 Å². The van der Waals surface area contributed by atoms with Gasteiger partial charge in [-0.2, -0.15) is 0 Å². The third-order valence-electron chi connectivity index (χ3n) is 3.68. The molecule has 1 atom stereocenters. The Kier molecular flexibility index (Phi) is 3.50. The molecule has 0 fully saturated rings. The van der Waals surface area contributed by atoms with Gasteiger partial charge in [0, 0.05) is 19.6 Å². The molecular weight excluding hydrogens is 259 g/mol. The third kappa shape index (κ3) is 2.57. The maximum Gasteiger partial charge on any atom is 0.147 e. The van der Waals surface area contributed by atoms with E-state index in [0.29, 0.717) is 18.7 Å². The normalized spacial score (nSPS) is 16.9. The van der Waals surface area contributed by atoms with E-state index in [-0.39, 0.29) is 5.82 Å². The van der Waals surface area contributed by atoms with Crippen molar-refractivity contribution in [2.24, 2.45) is 0 Å². The molecule has 2 aromatic rings. The molecule has 0 unspecified atom stereocenters. The summed E-state index contributed by atoms with van der Waals surface area (Å²) in [6, 6.07) is 6.11. The number of halogens is 1. The molecule has 0 aliphatic carbocycles. The van der Waals surface area contributed by atoms with E-state index in [0.717, 1.165) is 24.7 Å². The van der Waals surface area contributed by atoms with Crippen molar-refractivity contribution < 1.29 is 9.50 Å². The van der Waals surface area contributed by atoms with Crippen LogP contribution in [0.25, 0.3) is 0 Å². The summed E-state index contributed by atoms with van der Waals surface area (Å²) in [5.74, 6) is 1.51. The molecule has 1 aliphatic rings. The number of nitrogens with zero attached hydrogens (tertiary/aromatic N) is 4. The topological polar surface area (TPSA) is 54.2 Å². The number of aliphatic hydroxyl groups is 1. The van der Waals surface area contributed by atoms with Gasteiger partial charge in [0.25, 0.3) is 0 Å². The SMILES string of the molecule is Cc1nnc2n1CCN(C[C@@H](O)c1cccc(F)c1)C2. The van der Waals surface area contributed by atoms with Crippen LogP contribution in [0.3, 0.4) is 0 Å². The number of fused-ring (bicyclic) bond motifs is 1. The average molecular weight is 276 g/mol. The van der Waals surface area contributed by atoms with Gasteiger partial charge in [-0.3, -0.25) is 4.90 Å². The van der Waals surface area contributed by atoms with Crippen molar-refractivity contribution in [2.75, 3.05) is 13.1 Å². The first kappa shape index (κ1) is 13.2. The van der Waals surface area contributed by atoms with Gasteiger partial charge < -0.3 is 9.67 Å². The van der Waals surface area contributed by atoms with Gasteiger partial charge in [0.15, 0.2) is 0 Å². The Hall–Kier alpha value is -1.79. The van der Waals surface area contributed by atoms with Crippen LogP contribution < -0.4 is 0 Å². The van der Waals surface area contributed by atoms with Gasteiger partial charge in [0.05, 0.1) is 12.6 Å². The first-order valence-electron chi connectivity index (χ1n) is 6.68. The predicted octanol–water partition coefficient (Wildman–Crippen LogP) is 1.27. The quantitative estimate of drug-likeness (QED) is 0.917. The van der Waals surface area contributed by atoms with Crippen molar-refractivity contribution in [3.8, 4) is 0 Å². The second-order valence-corrected chi connectivity index (χ2v) is 5.12. The smallest absolute Gasteiger partial charge is 0.147 e. The highest BCUT2D eigenvalue weighted by Gasteiger charge is 2.22. The number of benzene rings is 1. The summed E-state index contributed by atoms with van der Waals surface area (Å²) < 4.78 is 15.2. The largest absolute Gasteiger partial charge is 0.387 e. The van der Waals surface area contributed by atoms with Crippen LogP contribution in [-0.4, -0.2) is 37.9 Å². The molecular formula is C14H17FN4O. The monoisotopic (exact) mass is 276 g/mol. The number of aromatic nitrogens is 3. The Balaban J connectivity index is 1.67. The summed E-state index contributed by atoms with van der Waals surface area (Å²) in [5.41, 5.74) is 0.605. The molecule has 0 radical (unpaired) electrons. The minimum Gasteiger partial charge on any atom is -0.387 e. The van der Waals surface area contributed by atoms with Crippen LogP contribution in [0.2, 0.25) is 0 Å². The molecule has 1 aromatic heterocycles. The Labute approximate surface area is 116 Å². The lowest BCUT2D eigenvalue weighted by molar-refractivity contribution is 0.0958. The summed E-state index contributed by atoms with van der Waals surface area (Å²) in [6.07, 6.45) is -0.693. The summed E-state index contributed by atoms with van der Waals surface area (Å²) in [4.78, 5) is 2.11. The van der Waals surface area contributed by atoms with Gasteiger partial charge >= 0.3 is 0 Å². The standard InChI is InChI=1S/C14H17FN4O/c1-10-16-17-14-9-18(5-6-19(10)14)8-13(20)11-3-2-4-12(15)7-11/h2-4,7,13,20H,5-6,8-9H2,1H3/t13-/m1/s1. The fourth-order valence-corrected chi connectivity index (χ4v) is 2.57. The molecule has 20 heavy (non-hydrogen) atoms. The molecule has 0 saturated carbocycles. The number of hydrogen-bond acceptors (Lipinski definition) is 4. The molecule has 1 aliphatic heterocycles. The van der Waals surface area contributed by atoms with Crippen molar-refractivity contribution in [1.82, 2.24) is 19.7 Å². The van der Waals surface area contributed by atoms with Gasteiger partial charge in [0.2, 0.25) is 0 Å². The van der Waals surface area contributed by atoms with E-state index in [2.05, 4.69) is 19.7 Å². The zero-order chi connectivity index (χ0) is 14.1. The van der Waals surface area contributed by atoms with Crippen molar-refractivity contribution >= 4 is 0 Å². The van der Waals surface area contributed by atoms with Crippen LogP contribution in [0, 0.1) is 12.7 Å². The Bertz CT molecular complexity index is 613. The van der Waals surface area contributed by atoms with Gasteiger partial charge in [-0.25, -0.2) is 4.39 Å². The van der Waals surface area contributed by atoms with E-state index in [1.165, 1.54) is 12.1 Å². The Morgan fingerprint density at radius 2 is 2.20 bits per heavy atom. The van der Waals surface area contributed by atoms with Crippen LogP contribution in [0.4, 0.5) is 4.39 Å². The Morgan fingerprint density at radius 3 is 3.00 bits per heavy atom. The Morgan fingerprint density at radius 1 is 1.35 bits per heavy atom. The lowest BCUT2D eigenvalue weighted by atomic mass is 10.1. The first-order chi connectivity index (χ1) is 9.63. The van der Waals surface area contributed by atoms with Crippen molar-refractivity contribution in [3.05, 3.63) is 47.3 Å². The number of rotatable bonds is 3. The zero-order valence-electron chi connectivity index (χ0n) is 11.3. The highest BCUT2D eigenvalue weighted by atomic mass is 19.1. The lowest BCUT2D eigenvalue weighted by Crippen LogP contribution is -2.36. The minimum atomic E-state index is -0.693. The molecule has 1 N–H and O–H groups in total. The number of hydrogen-bond donors (Lipinski definition) is 1. The van der Waals surface area contributed by atoms with Crippen molar-refractivity contribution in [1.29, 1.82) is 0 Å². The zero-order valence-corrected chi connectivity index (χ0v) is 11.3. The maximum atomic E-state index is 13.2. The highest BCUT2D eigenvalue weighted by Crippen LogP contribution is 2.18. The third-order valence-corrected chi connectivity index (χ3v) is 3.68. The van der Waals surface area contributed by atoms with E-state index >= 15 is 0 Å². The van der Waals surface area contributed by atoms with Crippen LogP contribution in [0.5, 0.6) is 0 Å². The van der Waals surface area contributed by atoms with Crippen molar-refractivity contribution in [3.63, 3.8) is 0 Å². The number of aliphatic hydroxyl groups excluding tert-OH is 1. The fraction of sp³-hybridized carbons (Fsp3) is 0.429. The van der Waals surface area contributed by atoms with Crippen molar-refractivity contribution in [2.45, 2.75) is 26.1 Å². The molecule has 106 valence electrons. The second-order valence-electron chi connectivity index (χ2n) is 5.12. The molecule has 0 bridgehead atoms. The van der Waals surface area contributed by atoms with Crippen LogP contribution in [0.1, 0.15) is 23.3 Å².